The van der Waals surface area contributed by atoms with E-state index in [1.54, 1.807) is 0 Å². The zero-order valence-electron chi connectivity index (χ0n) is 8.99. The highest BCUT2D eigenvalue weighted by molar-refractivity contribution is 8.00. The van der Waals surface area contributed by atoms with Crippen molar-refractivity contribution >= 4 is 17.7 Å². The number of nitrogens with one attached hydrogen (secondary N) is 1. The lowest BCUT2D eigenvalue weighted by Crippen LogP contribution is -2.45. The molecule has 2 N–H and O–H groups in total. The lowest BCUT2D eigenvalue weighted by molar-refractivity contribution is -0.139. The van der Waals surface area contributed by atoms with Crippen molar-refractivity contribution in [1.29, 1.82) is 0 Å². The minimum atomic E-state index is -0.717. The Morgan fingerprint density at radius 1 is 1.57 bits per heavy atom. The second kappa shape index (κ2) is 5.03. The third-order valence-electron chi connectivity index (χ3n) is 2.56. The van der Waals surface area contributed by atoms with Crippen LogP contribution in [0.5, 0.6) is 0 Å². The molecule has 1 saturated heterocycles. The summed E-state index contributed by atoms with van der Waals surface area (Å²) in [6.07, 6.45) is 1.05. The van der Waals surface area contributed by atoms with Gasteiger partial charge in [0.1, 0.15) is 6.04 Å². The van der Waals surface area contributed by atoms with Crippen LogP contribution in [0.4, 0.5) is 0 Å². The van der Waals surface area contributed by atoms with Gasteiger partial charge in [-0.25, -0.2) is 0 Å². The lowest BCUT2D eigenvalue weighted by atomic mass is 10.0. The van der Waals surface area contributed by atoms with E-state index in [9.17, 15) is 4.79 Å². The van der Waals surface area contributed by atoms with Crippen LogP contribution in [0.3, 0.4) is 0 Å². The summed E-state index contributed by atoms with van der Waals surface area (Å²) in [4.78, 5) is 11.1. The SMILES string of the molecule is CC1CCNC(C(=O)O)C(C(C)C)S1. The molecule has 14 heavy (non-hydrogen) atoms. The van der Waals surface area contributed by atoms with Crippen molar-refractivity contribution in [2.24, 2.45) is 5.92 Å². The first kappa shape index (κ1) is 11.9. The van der Waals surface area contributed by atoms with Gasteiger partial charge in [0.15, 0.2) is 0 Å². The smallest absolute Gasteiger partial charge is 0.321 e. The van der Waals surface area contributed by atoms with E-state index >= 15 is 0 Å². The van der Waals surface area contributed by atoms with E-state index in [4.69, 9.17) is 5.11 Å². The zero-order valence-corrected chi connectivity index (χ0v) is 9.80. The van der Waals surface area contributed by atoms with Gasteiger partial charge in [0.05, 0.1) is 0 Å². The van der Waals surface area contributed by atoms with E-state index in [1.807, 2.05) is 11.8 Å². The molecule has 0 aromatic heterocycles. The van der Waals surface area contributed by atoms with Crippen molar-refractivity contribution in [1.82, 2.24) is 5.32 Å². The molecule has 1 aliphatic heterocycles. The van der Waals surface area contributed by atoms with Gasteiger partial charge in [-0.2, -0.15) is 11.8 Å². The summed E-state index contributed by atoms with van der Waals surface area (Å²) >= 11 is 1.81. The van der Waals surface area contributed by atoms with Gasteiger partial charge in [0.25, 0.3) is 0 Å². The molecule has 3 nitrogen and oxygen atoms in total. The highest BCUT2D eigenvalue weighted by Gasteiger charge is 2.33. The molecule has 1 aliphatic rings. The maximum absolute atomic E-state index is 11.1. The number of carboxylic acids is 1. The fourth-order valence-electron chi connectivity index (χ4n) is 1.74. The highest BCUT2D eigenvalue weighted by atomic mass is 32.2. The second-order valence-electron chi connectivity index (χ2n) is 4.21. The minimum Gasteiger partial charge on any atom is -0.480 e. The van der Waals surface area contributed by atoms with Gasteiger partial charge in [-0.05, 0) is 18.9 Å². The van der Waals surface area contributed by atoms with Gasteiger partial charge < -0.3 is 10.4 Å². The minimum absolute atomic E-state index is 0.185. The van der Waals surface area contributed by atoms with Gasteiger partial charge >= 0.3 is 5.97 Å². The Morgan fingerprint density at radius 2 is 2.21 bits per heavy atom. The number of carboxylic acid groups (broad SMARTS) is 1. The maximum atomic E-state index is 11.1. The molecule has 0 spiro atoms. The predicted octanol–water partition coefficient (Wildman–Crippen LogP) is 1.58. The number of thioether (sulfide) groups is 1. The van der Waals surface area contributed by atoms with Gasteiger partial charge in [0, 0.05) is 10.5 Å². The molecule has 0 radical (unpaired) electrons. The Bertz CT molecular complexity index is 208. The van der Waals surface area contributed by atoms with Crippen LogP contribution in [0.25, 0.3) is 0 Å². The summed E-state index contributed by atoms with van der Waals surface area (Å²) in [7, 11) is 0. The maximum Gasteiger partial charge on any atom is 0.321 e. The summed E-state index contributed by atoms with van der Waals surface area (Å²) in [6.45, 7) is 7.17. The topological polar surface area (TPSA) is 49.3 Å². The first-order valence-corrected chi connectivity index (χ1v) is 6.08. The van der Waals surface area contributed by atoms with E-state index in [1.165, 1.54) is 0 Å². The first-order chi connectivity index (χ1) is 6.52. The molecule has 1 fully saturated rings. The van der Waals surface area contributed by atoms with Crippen molar-refractivity contribution in [2.75, 3.05) is 6.54 Å². The molecule has 3 unspecified atom stereocenters. The third kappa shape index (κ3) is 2.89. The van der Waals surface area contributed by atoms with Crippen LogP contribution in [0.15, 0.2) is 0 Å². The summed E-state index contributed by atoms with van der Waals surface area (Å²) in [6, 6.07) is -0.384. The first-order valence-electron chi connectivity index (χ1n) is 5.14. The van der Waals surface area contributed by atoms with Gasteiger partial charge in [-0.15, -0.1) is 0 Å². The van der Waals surface area contributed by atoms with E-state index in [-0.39, 0.29) is 11.3 Å². The number of aliphatic carboxylic acids is 1. The Morgan fingerprint density at radius 3 is 2.71 bits per heavy atom. The van der Waals surface area contributed by atoms with Crippen molar-refractivity contribution in [3.05, 3.63) is 0 Å². The average molecular weight is 217 g/mol. The molecule has 4 heteroatoms. The van der Waals surface area contributed by atoms with Crippen molar-refractivity contribution in [2.45, 2.75) is 43.7 Å². The van der Waals surface area contributed by atoms with Crippen LogP contribution in [-0.2, 0) is 4.79 Å². The standard InChI is InChI=1S/C10H19NO2S/c1-6(2)9-8(10(12)13)11-5-4-7(3)14-9/h6-9,11H,4-5H2,1-3H3,(H,12,13). The van der Waals surface area contributed by atoms with E-state index < -0.39 is 5.97 Å². The van der Waals surface area contributed by atoms with Crippen LogP contribution in [0.1, 0.15) is 27.2 Å². The third-order valence-corrected chi connectivity index (χ3v) is 4.39. The van der Waals surface area contributed by atoms with Crippen LogP contribution in [0.2, 0.25) is 0 Å². The Labute approximate surface area is 89.6 Å². The summed E-state index contributed by atoms with van der Waals surface area (Å²) in [5, 5.41) is 13.0. The highest BCUT2D eigenvalue weighted by Crippen LogP contribution is 2.30. The predicted molar refractivity (Wildman–Crippen MR) is 59.7 cm³/mol. The summed E-state index contributed by atoms with van der Waals surface area (Å²) < 4.78 is 0. The molecule has 0 aliphatic carbocycles. The zero-order chi connectivity index (χ0) is 10.7. The largest absolute Gasteiger partial charge is 0.480 e. The van der Waals surface area contributed by atoms with E-state index in [0.29, 0.717) is 11.2 Å². The number of hydrogen-bond acceptors (Lipinski definition) is 3. The van der Waals surface area contributed by atoms with Gasteiger partial charge in [0.2, 0.25) is 0 Å². The Kier molecular flexibility index (Phi) is 4.26. The van der Waals surface area contributed by atoms with Crippen molar-refractivity contribution < 1.29 is 9.90 Å². The fraction of sp³-hybridized carbons (Fsp3) is 0.900. The molecular weight excluding hydrogens is 198 g/mol. The molecule has 0 aromatic carbocycles. The quantitative estimate of drug-likeness (QED) is 0.737. The molecule has 1 rings (SSSR count). The molecular formula is C10H19NO2S. The van der Waals surface area contributed by atoms with Crippen LogP contribution >= 0.6 is 11.8 Å². The van der Waals surface area contributed by atoms with Gasteiger partial charge in [-0.3, -0.25) is 4.79 Å². The lowest BCUT2D eigenvalue weighted by Gasteiger charge is -2.26. The second-order valence-corrected chi connectivity index (χ2v) is 5.84. The average Bonchev–Trinajstić information content (AvgIpc) is 2.26. The molecule has 3 atom stereocenters. The van der Waals surface area contributed by atoms with Crippen molar-refractivity contribution in [3.63, 3.8) is 0 Å². The van der Waals surface area contributed by atoms with Crippen LogP contribution in [0, 0.1) is 5.92 Å². The van der Waals surface area contributed by atoms with Crippen molar-refractivity contribution in [3.8, 4) is 0 Å². The Balaban J connectivity index is 2.74. The number of hydrogen-bond donors (Lipinski definition) is 2. The van der Waals surface area contributed by atoms with E-state index in [2.05, 4.69) is 26.1 Å². The van der Waals surface area contributed by atoms with Crippen LogP contribution < -0.4 is 5.32 Å². The normalized spacial score (nSPS) is 34.1. The van der Waals surface area contributed by atoms with Gasteiger partial charge in [-0.1, -0.05) is 20.8 Å². The molecule has 0 aromatic rings. The summed E-state index contributed by atoms with van der Waals surface area (Å²) in [5.41, 5.74) is 0. The molecule has 82 valence electrons. The fourth-order valence-corrected chi connectivity index (χ4v) is 3.22. The number of rotatable bonds is 2. The Hall–Kier alpha value is -0.220. The monoisotopic (exact) mass is 217 g/mol. The van der Waals surface area contributed by atoms with Crippen LogP contribution in [-0.4, -0.2) is 34.2 Å². The summed E-state index contributed by atoms with van der Waals surface area (Å²) in [5.74, 6) is -0.320. The molecule has 0 saturated carbocycles. The number of carbonyl (C=O) groups is 1. The molecule has 0 amide bonds. The van der Waals surface area contributed by atoms with E-state index in [0.717, 1.165) is 13.0 Å². The molecule has 1 heterocycles. The molecule has 0 bridgehead atoms.